The Morgan fingerprint density at radius 3 is 2.43 bits per heavy atom. The summed E-state index contributed by atoms with van der Waals surface area (Å²) in [6, 6.07) is 0.817. The molecule has 0 spiro atoms. The molecule has 0 bridgehead atoms. The number of hydrogen-bond donors (Lipinski definition) is 0. The van der Waals surface area contributed by atoms with Crippen LogP contribution in [-0.4, -0.2) is 59.1 Å². The van der Waals surface area contributed by atoms with E-state index in [1.165, 1.54) is 12.8 Å². The summed E-state index contributed by atoms with van der Waals surface area (Å²) in [5, 5.41) is 0. The van der Waals surface area contributed by atoms with Gasteiger partial charge >= 0.3 is 0 Å². The van der Waals surface area contributed by atoms with E-state index >= 15 is 0 Å². The lowest BCUT2D eigenvalue weighted by Gasteiger charge is -2.42. The van der Waals surface area contributed by atoms with E-state index in [9.17, 15) is 4.79 Å². The summed E-state index contributed by atoms with van der Waals surface area (Å²) in [5.74, 6) is 0.804. The van der Waals surface area contributed by atoms with Crippen molar-refractivity contribution in [3.63, 3.8) is 0 Å². The molecule has 0 aromatic heterocycles. The predicted molar refractivity (Wildman–Crippen MR) is 85.2 cm³/mol. The molecule has 4 nitrogen and oxygen atoms in total. The van der Waals surface area contributed by atoms with Crippen molar-refractivity contribution < 1.29 is 9.53 Å². The van der Waals surface area contributed by atoms with Gasteiger partial charge < -0.3 is 9.64 Å². The van der Waals surface area contributed by atoms with Crippen LogP contribution in [0, 0.1) is 5.92 Å². The Bertz CT molecular complexity index is 377. The first kappa shape index (κ1) is 16.8. The molecule has 1 amide bonds. The fourth-order valence-corrected chi connectivity index (χ4v) is 3.42. The predicted octanol–water partition coefficient (Wildman–Crippen LogP) is 2.52. The Kier molecular flexibility index (Phi) is 4.99. The average molecular weight is 296 g/mol. The fraction of sp³-hybridized carbons (Fsp3) is 0.941. The van der Waals surface area contributed by atoms with Crippen molar-refractivity contribution in [3.8, 4) is 0 Å². The minimum Gasteiger partial charge on any atom is -0.370 e. The summed E-state index contributed by atoms with van der Waals surface area (Å²) >= 11 is 0. The highest BCUT2D eigenvalue weighted by molar-refractivity contribution is 5.79. The van der Waals surface area contributed by atoms with Gasteiger partial charge in [-0.25, -0.2) is 0 Å². The van der Waals surface area contributed by atoms with Crippen LogP contribution >= 0.6 is 0 Å². The van der Waals surface area contributed by atoms with Gasteiger partial charge in [-0.3, -0.25) is 9.69 Å². The molecule has 0 N–H and O–H groups in total. The van der Waals surface area contributed by atoms with Crippen LogP contribution in [0.1, 0.15) is 54.4 Å². The fourth-order valence-electron chi connectivity index (χ4n) is 3.42. The number of morpholine rings is 1. The van der Waals surface area contributed by atoms with Gasteiger partial charge in [0.2, 0.25) is 5.91 Å². The maximum Gasteiger partial charge on any atom is 0.237 e. The Morgan fingerprint density at radius 2 is 1.95 bits per heavy atom. The van der Waals surface area contributed by atoms with Crippen LogP contribution < -0.4 is 0 Å². The van der Waals surface area contributed by atoms with Crippen molar-refractivity contribution in [2.24, 2.45) is 5.92 Å². The highest BCUT2D eigenvalue weighted by Gasteiger charge is 2.38. The van der Waals surface area contributed by atoms with E-state index in [0.717, 1.165) is 13.1 Å². The third-order valence-electron chi connectivity index (χ3n) is 4.63. The van der Waals surface area contributed by atoms with Gasteiger partial charge in [-0.1, -0.05) is 13.8 Å². The Morgan fingerprint density at radius 1 is 1.33 bits per heavy atom. The van der Waals surface area contributed by atoms with Gasteiger partial charge in [0.25, 0.3) is 0 Å². The molecule has 2 rings (SSSR count). The molecule has 1 aliphatic carbocycles. The second-order valence-electron chi connectivity index (χ2n) is 7.87. The number of carbonyl (C=O) groups excluding carboxylic acids is 1. The molecule has 1 heterocycles. The minimum atomic E-state index is -0.161. The molecule has 4 heteroatoms. The monoisotopic (exact) mass is 296 g/mol. The average Bonchev–Trinajstić information content (AvgIpc) is 3.10. The maximum absolute atomic E-state index is 12.8. The zero-order valence-corrected chi connectivity index (χ0v) is 14.6. The van der Waals surface area contributed by atoms with E-state index in [-0.39, 0.29) is 11.7 Å². The summed E-state index contributed by atoms with van der Waals surface area (Å²) < 4.78 is 5.92. The minimum absolute atomic E-state index is 0.161. The molecule has 2 atom stereocenters. The summed E-state index contributed by atoms with van der Waals surface area (Å²) in [6.07, 6.45) is 2.54. The number of rotatable bonds is 5. The van der Waals surface area contributed by atoms with Crippen LogP contribution in [0.2, 0.25) is 0 Å². The lowest BCUT2D eigenvalue weighted by Crippen LogP contribution is -2.55. The van der Waals surface area contributed by atoms with Crippen LogP contribution in [-0.2, 0) is 9.53 Å². The van der Waals surface area contributed by atoms with E-state index in [1.807, 2.05) is 0 Å². The SMILES string of the molecule is CC(C)[C@H](C)N(C(=O)CN1C[C@@H](C)OC(C)(C)C1)C1CC1. The van der Waals surface area contributed by atoms with Gasteiger partial charge in [0.15, 0.2) is 0 Å². The second kappa shape index (κ2) is 6.25. The van der Waals surface area contributed by atoms with Gasteiger partial charge in [0.1, 0.15) is 0 Å². The van der Waals surface area contributed by atoms with Crippen molar-refractivity contribution in [1.82, 2.24) is 9.80 Å². The van der Waals surface area contributed by atoms with Crippen LogP contribution in [0.3, 0.4) is 0 Å². The molecule has 1 saturated carbocycles. The normalized spacial score (nSPS) is 27.7. The zero-order chi connectivity index (χ0) is 15.8. The first-order valence-electron chi connectivity index (χ1n) is 8.41. The van der Waals surface area contributed by atoms with Gasteiger partial charge in [-0.2, -0.15) is 0 Å². The Labute approximate surface area is 129 Å². The van der Waals surface area contributed by atoms with Crippen molar-refractivity contribution in [3.05, 3.63) is 0 Å². The molecule has 0 radical (unpaired) electrons. The molecular weight excluding hydrogens is 264 g/mol. The van der Waals surface area contributed by atoms with Crippen molar-refractivity contribution >= 4 is 5.91 Å². The first-order chi connectivity index (χ1) is 9.69. The van der Waals surface area contributed by atoms with Gasteiger partial charge in [-0.15, -0.1) is 0 Å². The number of nitrogens with zero attached hydrogens (tertiary/aromatic N) is 2. The van der Waals surface area contributed by atoms with Crippen molar-refractivity contribution in [2.45, 2.75) is 78.2 Å². The lowest BCUT2D eigenvalue weighted by atomic mass is 10.0. The Balaban J connectivity index is 1.98. The van der Waals surface area contributed by atoms with E-state index in [1.54, 1.807) is 0 Å². The van der Waals surface area contributed by atoms with Crippen molar-refractivity contribution in [1.29, 1.82) is 0 Å². The van der Waals surface area contributed by atoms with Crippen LogP contribution in [0.25, 0.3) is 0 Å². The molecule has 2 aliphatic rings. The first-order valence-corrected chi connectivity index (χ1v) is 8.41. The Hall–Kier alpha value is -0.610. The summed E-state index contributed by atoms with van der Waals surface area (Å²) in [6.45, 7) is 15.1. The van der Waals surface area contributed by atoms with Crippen LogP contribution in [0.4, 0.5) is 0 Å². The standard InChI is InChI=1S/C17H32N2O2/c1-12(2)14(4)19(15-7-8-15)16(20)10-18-9-13(3)21-17(5,6)11-18/h12-15H,7-11H2,1-6H3/t13-,14+/m1/s1. The lowest BCUT2D eigenvalue weighted by molar-refractivity contribution is -0.148. The number of hydrogen-bond acceptors (Lipinski definition) is 3. The third-order valence-corrected chi connectivity index (χ3v) is 4.63. The zero-order valence-electron chi connectivity index (χ0n) is 14.6. The molecule has 0 aromatic rings. The van der Waals surface area contributed by atoms with E-state index < -0.39 is 0 Å². The van der Waals surface area contributed by atoms with Crippen LogP contribution in [0.15, 0.2) is 0 Å². The molecule has 0 unspecified atom stereocenters. The van der Waals surface area contributed by atoms with Crippen molar-refractivity contribution in [2.75, 3.05) is 19.6 Å². The highest BCUT2D eigenvalue weighted by atomic mass is 16.5. The molecule has 1 aliphatic heterocycles. The van der Waals surface area contributed by atoms with E-state index in [2.05, 4.69) is 51.3 Å². The molecule has 21 heavy (non-hydrogen) atoms. The number of amides is 1. The topological polar surface area (TPSA) is 32.8 Å². The largest absolute Gasteiger partial charge is 0.370 e. The summed E-state index contributed by atoms with van der Waals surface area (Å²) in [7, 11) is 0. The maximum atomic E-state index is 12.8. The smallest absolute Gasteiger partial charge is 0.237 e. The highest BCUT2D eigenvalue weighted by Crippen LogP contribution is 2.31. The summed E-state index contributed by atoms with van der Waals surface area (Å²) in [5.41, 5.74) is -0.161. The van der Waals surface area contributed by atoms with E-state index in [4.69, 9.17) is 4.74 Å². The third kappa shape index (κ3) is 4.43. The van der Waals surface area contributed by atoms with Gasteiger partial charge in [0.05, 0.1) is 18.2 Å². The number of ether oxygens (including phenoxy) is 1. The molecule has 1 saturated heterocycles. The van der Waals surface area contributed by atoms with E-state index in [0.29, 0.717) is 30.5 Å². The molecule has 0 aromatic carbocycles. The molecular formula is C17H32N2O2. The second-order valence-corrected chi connectivity index (χ2v) is 7.87. The van der Waals surface area contributed by atoms with Crippen LogP contribution in [0.5, 0.6) is 0 Å². The molecule has 2 fully saturated rings. The summed E-state index contributed by atoms with van der Waals surface area (Å²) in [4.78, 5) is 17.2. The van der Waals surface area contributed by atoms with Gasteiger partial charge in [0, 0.05) is 25.2 Å². The quantitative estimate of drug-likeness (QED) is 0.781. The molecule has 122 valence electrons. The van der Waals surface area contributed by atoms with Gasteiger partial charge in [-0.05, 0) is 46.5 Å². The number of carbonyl (C=O) groups is 1.